The Kier molecular flexibility index (Phi) is 8.47. The first-order chi connectivity index (χ1) is 10.8. The van der Waals surface area contributed by atoms with E-state index in [1.807, 2.05) is 25.7 Å². The van der Waals surface area contributed by atoms with Crippen molar-refractivity contribution in [2.75, 3.05) is 19.8 Å². The van der Waals surface area contributed by atoms with Crippen LogP contribution in [0.3, 0.4) is 0 Å². The van der Waals surface area contributed by atoms with Crippen LogP contribution in [0, 0.1) is 18.3 Å². The average molecular weight is 323 g/mol. The minimum Gasteiger partial charge on any atom is -0.444 e. The van der Waals surface area contributed by atoms with Gasteiger partial charge in [0.15, 0.2) is 0 Å². The number of amides is 1. The lowest BCUT2D eigenvalue weighted by molar-refractivity contribution is 0.00168. The van der Waals surface area contributed by atoms with Crippen LogP contribution in [0.4, 0.5) is 4.79 Å². The first-order valence-electron chi connectivity index (χ1n) is 8.84. The third-order valence-corrected chi connectivity index (χ3v) is 4.14. The highest BCUT2D eigenvalue weighted by atomic mass is 16.6. The van der Waals surface area contributed by atoms with E-state index in [0.717, 1.165) is 31.6 Å². The molecule has 1 aliphatic carbocycles. The van der Waals surface area contributed by atoms with Crippen LogP contribution in [0.5, 0.6) is 0 Å². The Hall–Kier alpha value is -1.21. The fraction of sp³-hybridized carbons (Fsp3) is 0.842. The minimum atomic E-state index is -0.467. The minimum absolute atomic E-state index is 0.218. The predicted octanol–water partition coefficient (Wildman–Crippen LogP) is 4.23. The summed E-state index contributed by atoms with van der Waals surface area (Å²) in [5, 5.41) is 0. The summed E-state index contributed by atoms with van der Waals surface area (Å²) in [5.41, 5.74) is -0.467. The average Bonchev–Trinajstić information content (AvgIpc) is 2.46. The highest BCUT2D eigenvalue weighted by Gasteiger charge is 2.30. The van der Waals surface area contributed by atoms with Crippen LogP contribution in [0.1, 0.15) is 66.2 Å². The maximum atomic E-state index is 12.5. The van der Waals surface area contributed by atoms with Gasteiger partial charge in [0.1, 0.15) is 5.60 Å². The van der Waals surface area contributed by atoms with Crippen molar-refractivity contribution in [1.29, 1.82) is 0 Å². The van der Waals surface area contributed by atoms with Gasteiger partial charge >= 0.3 is 6.09 Å². The molecule has 23 heavy (non-hydrogen) atoms. The van der Waals surface area contributed by atoms with Gasteiger partial charge in [-0.15, -0.1) is 12.3 Å². The van der Waals surface area contributed by atoms with Gasteiger partial charge < -0.3 is 14.4 Å². The van der Waals surface area contributed by atoms with Gasteiger partial charge in [-0.1, -0.05) is 6.92 Å². The van der Waals surface area contributed by atoms with E-state index >= 15 is 0 Å². The van der Waals surface area contributed by atoms with Gasteiger partial charge in [-0.05, 0) is 58.8 Å². The Balaban J connectivity index is 2.51. The molecular formula is C19H33NO3. The summed E-state index contributed by atoms with van der Waals surface area (Å²) >= 11 is 0. The van der Waals surface area contributed by atoms with Crippen LogP contribution < -0.4 is 0 Å². The molecule has 0 heterocycles. The van der Waals surface area contributed by atoms with E-state index in [1.165, 1.54) is 12.8 Å². The molecule has 0 atom stereocenters. The predicted molar refractivity (Wildman–Crippen MR) is 93.2 cm³/mol. The zero-order valence-corrected chi connectivity index (χ0v) is 15.3. The molecule has 1 aliphatic rings. The van der Waals surface area contributed by atoms with Gasteiger partial charge in [0, 0.05) is 25.6 Å². The lowest BCUT2D eigenvalue weighted by Crippen LogP contribution is -2.46. The Morgan fingerprint density at radius 2 is 1.87 bits per heavy atom. The lowest BCUT2D eigenvalue weighted by atomic mass is 9.87. The SMILES string of the molecule is C#CCCCOCCN(C(=O)OC(C)(C)C)[C@H]1CC[C@@H](C)CC1. The second-order valence-electron chi connectivity index (χ2n) is 7.51. The molecule has 0 unspecified atom stereocenters. The van der Waals surface area contributed by atoms with E-state index in [1.54, 1.807) is 0 Å². The normalized spacial score (nSPS) is 21.5. The van der Waals surface area contributed by atoms with Crippen molar-refractivity contribution >= 4 is 6.09 Å². The molecule has 0 aliphatic heterocycles. The van der Waals surface area contributed by atoms with Crippen LogP contribution in [-0.2, 0) is 9.47 Å². The highest BCUT2D eigenvalue weighted by molar-refractivity contribution is 5.68. The number of nitrogens with zero attached hydrogens (tertiary/aromatic N) is 1. The molecule has 0 N–H and O–H groups in total. The van der Waals surface area contributed by atoms with Crippen LogP contribution in [0.25, 0.3) is 0 Å². The summed E-state index contributed by atoms with van der Waals surface area (Å²) in [6.07, 6.45) is 11.1. The van der Waals surface area contributed by atoms with Crippen molar-refractivity contribution in [3.8, 4) is 12.3 Å². The fourth-order valence-electron chi connectivity index (χ4n) is 2.84. The van der Waals surface area contributed by atoms with Crippen molar-refractivity contribution in [2.24, 2.45) is 5.92 Å². The number of ether oxygens (including phenoxy) is 2. The molecule has 0 aromatic carbocycles. The van der Waals surface area contributed by atoms with Crippen molar-refractivity contribution in [2.45, 2.75) is 77.9 Å². The highest BCUT2D eigenvalue weighted by Crippen LogP contribution is 2.28. The van der Waals surface area contributed by atoms with Crippen molar-refractivity contribution in [3.63, 3.8) is 0 Å². The van der Waals surface area contributed by atoms with E-state index in [9.17, 15) is 4.79 Å². The summed E-state index contributed by atoms with van der Waals surface area (Å²) in [6.45, 7) is 9.77. The monoisotopic (exact) mass is 323 g/mol. The van der Waals surface area contributed by atoms with E-state index < -0.39 is 5.60 Å². The Morgan fingerprint density at radius 3 is 2.43 bits per heavy atom. The molecule has 0 radical (unpaired) electrons. The van der Waals surface area contributed by atoms with Crippen LogP contribution >= 0.6 is 0 Å². The molecule has 1 fully saturated rings. The molecule has 1 saturated carbocycles. The maximum absolute atomic E-state index is 12.5. The summed E-state index contributed by atoms with van der Waals surface area (Å²) in [6, 6.07) is 0.273. The number of terminal acetylenes is 1. The second-order valence-corrected chi connectivity index (χ2v) is 7.51. The molecule has 4 heteroatoms. The molecule has 0 aromatic rings. The molecule has 4 nitrogen and oxygen atoms in total. The summed E-state index contributed by atoms with van der Waals surface area (Å²) < 4.78 is 11.2. The van der Waals surface area contributed by atoms with Crippen LogP contribution in [0.2, 0.25) is 0 Å². The topological polar surface area (TPSA) is 38.8 Å². The smallest absolute Gasteiger partial charge is 0.410 e. The third kappa shape index (κ3) is 8.27. The van der Waals surface area contributed by atoms with Crippen LogP contribution in [0.15, 0.2) is 0 Å². The van der Waals surface area contributed by atoms with Gasteiger partial charge in [0.2, 0.25) is 0 Å². The Morgan fingerprint density at radius 1 is 1.22 bits per heavy atom. The Labute approximate surface area is 141 Å². The van der Waals surface area contributed by atoms with Gasteiger partial charge in [0.25, 0.3) is 0 Å². The number of carbonyl (C=O) groups excluding carboxylic acids is 1. The van der Waals surface area contributed by atoms with Gasteiger partial charge in [-0.25, -0.2) is 4.79 Å². The zero-order valence-electron chi connectivity index (χ0n) is 15.3. The molecule has 0 saturated heterocycles. The lowest BCUT2D eigenvalue weighted by Gasteiger charge is -2.37. The van der Waals surface area contributed by atoms with E-state index in [2.05, 4.69) is 12.8 Å². The summed E-state index contributed by atoms with van der Waals surface area (Å²) in [7, 11) is 0. The quantitative estimate of drug-likeness (QED) is 0.520. The summed E-state index contributed by atoms with van der Waals surface area (Å²) in [4.78, 5) is 14.4. The first-order valence-corrected chi connectivity index (χ1v) is 8.84. The number of unbranched alkanes of at least 4 members (excludes halogenated alkanes) is 1. The third-order valence-electron chi connectivity index (χ3n) is 4.14. The Bertz CT molecular complexity index is 386. The van der Waals surface area contributed by atoms with Gasteiger partial charge in [0.05, 0.1) is 6.61 Å². The fourth-order valence-corrected chi connectivity index (χ4v) is 2.84. The standard InChI is InChI=1S/C19H33NO3/c1-6-7-8-14-22-15-13-20(18(21)23-19(3,4)5)17-11-9-16(2)10-12-17/h1,16-17H,7-15H2,2-5H3/t16-,17+. The van der Waals surface area contributed by atoms with Crippen molar-refractivity contribution in [3.05, 3.63) is 0 Å². The van der Waals surface area contributed by atoms with E-state index in [0.29, 0.717) is 19.8 Å². The summed E-state index contributed by atoms with van der Waals surface area (Å²) in [5.74, 6) is 3.36. The molecule has 0 bridgehead atoms. The van der Waals surface area contributed by atoms with E-state index in [4.69, 9.17) is 15.9 Å². The van der Waals surface area contributed by atoms with Gasteiger partial charge in [-0.2, -0.15) is 0 Å². The van der Waals surface area contributed by atoms with Crippen molar-refractivity contribution < 1.29 is 14.3 Å². The van der Waals surface area contributed by atoms with E-state index in [-0.39, 0.29) is 12.1 Å². The van der Waals surface area contributed by atoms with Gasteiger partial charge in [-0.3, -0.25) is 0 Å². The number of carbonyl (C=O) groups is 1. The first kappa shape index (κ1) is 19.8. The number of hydrogen-bond donors (Lipinski definition) is 0. The maximum Gasteiger partial charge on any atom is 0.410 e. The van der Waals surface area contributed by atoms with Crippen LogP contribution in [-0.4, -0.2) is 42.4 Å². The molecule has 132 valence electrons. The number of rotatable bonds is 7. The molecule has 0 spiro atoms. The largest absolute Gasteiger partial charge is 0.444 e. The number of hydrogen-bond acceptors (Lipinski definition) is 3. The molecule has 0 aromatic heterocycles. The molecule has 1 rings (SSSR count). The molecule has 1 amide bonds. The zero-order chi connectivity index (χ0) is 17.3. The molecular weight excluding hydrogens is 290 g/mol. The second kappa shape index (κ2) is 9.82. The van der Waals surface area contributed by atoms with Crippen molar-refractivity contribution in [1.82, 2.24) is 4.90 Å².